The van der Waals surface area contributed by atoms with Gasteiger partial charge in [0.2, 0.25) is 0 Å². The van der Waals surface area contributed by atoms with Gasteiger partial charge in [-0.1, -0.05) is 0 Å². The predicted molar refractivity (Wildman–Crippen MR) is 44.1 cm³/mol. The molecule has 2 rings (SSSR count). The van der Waals surface area contributed by atoms with Gasteiger partial charge in [0.15, 0.2) is 0 Å². The number of aldehydes is 1. The molecule has 0 saturated heterocycles. The average molecular weight is 210 g/mol. The van der Waals surface area contributed by atoms with Gasteiger partial charge in [-0.15, -0.1) is 0 Å². The number of para-hydroxylation sites is 1. The molecule has 0 bridgehead atoms. The molecule has 0 N–H and O–H groups in total. The van der Waals surface area contributed by atoms with Gasteiger partial charge in [-0.25, -0.2) is 0 Å². The van der Waals surface area contributed by atoms with E-state index < -0.39 is 0 Å². The molecule has 0 atom stereocenters. The molecule has 3 heteroatoms. The molecule has 0 radical (unpaired) electrons. The van der Waals surface area contributed by atoms with Gasteiger partial charge in [-0.3, -0.25) is 0 Å². The first-order valence-electron chi connectivity index (χ1n) is 3.21. The fourth-order valence-corrected chi connectivity index (χ4v) is 2.58. The van der Waals surface area contributed by atoms with Crippen molar-refractivity contribution in [3.05, 3.63) is 28.8 Å². The second-order valence-electron chi connectivity index (χ2n) is 2.14. The molecule has 0 aliphatic carbocycles. The van der Waals surface area contributed by atoms with Crippen molar-refractivity contribution >= 4 is 30.6 Å². The summed E-state index contributed by atoms with van der Waals surface area (Å²) in [7, 11) is 0. The summed E-state index contributed by atoms with van der Waals surface area (Å²) in [6.45, 7) is 0. The van der Waals surface area contributed by atoms with Crippen LogP contribution in [-0.2, 0) is 0 Å². The minimum atomic E-state index is 0.151. The Morgan fingerprint density at radius 3 is 2.91 bits per heavy atom. The Kier molecular flexibility index (Phi) is 1.60. The molecule has 2 aromatic rings. The molecule has 0 saturated carbocycles. The van der Waals surface area contributed by atoms with Crippen molar-refractivity contribution in [1.29, 1.82) is 0 Å². The molecule has 1 aromatic heterocycles. The summed E-state index contributed by atoms with van der Waals surface area (Å²) >= 11 is 0.151. The predicted octanol–water partition coefficient (Wildman–Crippen LogP) is 1.10. The van der Waals surface area contributed by atoms with E-state index in [1.165, 1.54) is 4.26 Å². The molecular formula is C8H5NOSe. The standard InChI is InChI=1S/C8H5NOSe/c10-5-8-9-6-3-1-2-4-7(6)11-8/h1-5H. The van der Waals surface area contributed by atoms with E-state index in [0.29, 0.717) is 4.57 Å². The van der Waals surface area contributed by atoms with E-state index in [2.05, 4.69) is 4.98 Å². The van der Waals surface area contributed by atoms with E-state index in [4.69, 9.17) is 0 Å². The fourth-order valence-electron chi connectivity index (χ4n) is 0.940. The van der Waals surface area contributed by atoms with Crippen LogP contribution in [0.5, 0.6) is 0 Å². The maximum atomic E-state index is 10.4. The first kappa shape index (κ1) is 6.77. The van der Waals surface area contributed by atoms with Crippen LogP contribution >= 0.6 is 0 Å². The Labute approximate surface area is 69.6 Å². The zero-order chi connectivity index (χ0) is 7.68. The first-order chi connectivity index (χ1) is 5.40. The van der Waals surface area contributed by atoms with Gasteiger partial charge < -0.3 is 0 Å². The Morgan fingerprint density at radius 2 is 2.18 bits per heavy atom. The van der Waals surface area contributed by atoms with Crippen molar-refractivity contribution in [1.82, 2.24) is 4.98 Å². The van der Waals surface area contributed by atoms with Gasteiger partial charge in [0.1, 0.15) is 0 Å². The van der Waals surface area contributed by atoms with E-state index in [9.17, 15) is 4.79 Å². The van der Waals surface area contributed by atoms with Crippen LogP contribution < -0.4 is 0 Å². The van der Waals surface area contributed by atoms with E-state index in [0.717, 1.165) is 11.8 Å². The van der Waals surface area contributed by atoms with Gasteiger partial charge in [-0.05, 0) is 0 Å². The number of benzene rings is 1. The van der Waals surface area contributed by atoms with Crippen LogP contribution in [0.3, 0.4) is 0 Å². The summed E-state index contributed by atoms with van der Waals surface area (Å²) < 4.78 is 1.90. The molecule has 0 unspecified atom stereocenters. The molecule has 11 heavy (non-hydrogen) atoms. The normalized spacial score (nSPS) is 10.2. The van der Waals surface area contributed by atoms with Crippen molar-refractivity contribution in [2.75, 3.05) is 0 Å². The van der Waals surface area contributed by atoms with Crippen LogP contribution in [0.4, 0.5) is 0 Å². The second-order valence-corrected chi connectivity index (χ2v) is 4.37. The van der Waals surface area contributed by atoms with Crippen LogP contribution in [0.2, 0.25) is 0 Å². The number of carbonyl (C=O) groups excluding carboxylic acids is 1. The molecule has 1 aromatic carbocycles. The van der Waals surface area contributed by atoms with Crippen LogP contribution in [0, 0.1) is 0 Å². The molecule has 0 aliphatic heterocycles. The first-order valence-corrected chi connectivity index (χ1v) is 4.92. The summed E-state index contributed by atoms with van der Waals surface area (Å²) in [4.78, 5) is 14.5. The molecule has 0 aliphatic rings. The molecule has 0 amide bonds. The number of nitrogens with zero attached hydrogens (tertiary/aromatic N) is 1. The number of rotatable bonds is 1. The van der Waals surface area contributed by atoms with E-state index in [1.54, 1.807) is 0 Å². The summed E-state index contributed by atoms with van der Waals surface area (Å²) in [5, 5.41) is 0. The van der Waals surface area contributed by atoms with Gasteiger partial charge in [0.05, 0.1) is 0 Å². The molecule has 54 valence electrons. The van der Waals surface area contributed by atoms with Gasteiger partial charge in [-0.2, -0.15) is 0 Å². The number of hydrogen-bond acceptors (Lipinski definition) is 2. The summed E-state index contributed by atoms with van der Waals surface area (Å²) in [5.74, 6) is 0. The van der Waals surface area contributed by atoms with Crippen molar-refractivity contribution in [2.45, 2.75) is 0 Å². The number of carbonyl (C=O) groups is 1. The average Bonchev–Trinajstić information content (AvgIpc) is 2.46. The topological polar surface area (TPSA) is 30.0 Å². The monoisotopic (exact) mass is 211 g/mol. The quantitative estimate of drug-likeness (QED) is 0.521. The summed E-state index contributed by atoms with van der Waals surface area (Å²) in [6.07, 6.45) is 0.847. The molecule has 1 heterocycles. The van der Waals surface area contributed by atoms with E-state index in [-0.39, 0.29) is 14.5 Å². The van der Waals surface area contributed by atoms with Gasteiger partial charge in [0, 0.05) is 0 Å². The second kappa shape index (κ2) is 2.61. The molecule has 0 spiro atoms. The molecule has 2 nitrogen and oxygen atoms in total. The van der Waals surface area contributed by atoms with Crippen molar-refractivity contribution in [3.63, 3.8) is 0 Å². The minimum absolute atomic E-state index is 0.151. The van der Waals surface area contributed by atoms with Crippen molar-refractivity contribution < 1.29 is 4.79 Å². The van der Waals surface area contributed by atoms with E-state index >= 15 is 0 Å². The van der Waals surface area contributed by atoms with Gasteiger partial charge in [0.25, 0.3) is 0 Å². The Hall–Kier alpha value is -0.921. The third-order valence-electron chi connectivity index (χ3n) is 1.41. The van der Waals surface area contributed by atoms with Crippen LogP contribution in [0.1, 0.15) is 9.36 Å². The third-order valence-corrected chi connectivity index (χ3v) is 3.43. The zero-order valence-electron chi connectivity index (χ0n) is 5.65. The SMILES string of the molecule is O=Cc1nc2ccccc2[se]1. The summed E-state index contributed by atoms with van der Waals surface area (Å²) in [6, 6.07) is 7.87. The van der Waals surface area contributed by atoms with Crippen molar-refractivity contribution in [3.8, 4) is 0 Å². The summed E-state index contributed by atoms with van der Waals surface area (Å²) in [5.41, 5.74) is 0.967. The van der Waals surface area contributed by atoms with Crippen molar-refractivity contribution in [2.24, 2.45) is 0 Å². The Balaban J connectivity index is 2.78. The Bertz CT molecular complexity index is 361. The van der Waals surface area contributed by atoms with E-state index in [1.807, 2.05) is 24.3 Å². The molecule has 0 fully saturated rings. The molecular weight excluding hydrogens is 205 g/mol. The third kappa shape index (κ3) is 1.13. The number of fused-ring (bicyclic) bond motifs is 1. The van der Waals surface area contributed by atoms with Crippen LogP contribution in [0.15, 0.2) is 24.3 Å². The Morgan fingerprint density at radius 1 is 1.36 bits per heavy atom. The fraction of sp³-hybridized carbons (Fsp3) is 0. The number of aromatic nitrogens is 1. The van der Waals surface area contributed by atoms with Gasteiger partial charge >= 0.3 is 69.2 Å². The maximum absolute atomic E-state index is 10.4. The zero-order valence-corrected chi connectivity index (χ0v) is 7.36. The number of hydrogen-bond donors (Lipinski definition) is 0. The van der Waals surface area contributed by atoms with Crippen LogP contribution in [0.25, 0.3) is 9.78 Å². The van der Waals surface area contributed by atoms with Crippen LogP contribution in [-0.4, -0.2) is 25.8 Å².